The van der Waals surface area contributed by atoms with Crippen molar-refractivity contribution < 1.29 is 0 Å². The molecule has 1 aliphatic heterocycles. The van der Waals surface area contributed by atoms with Crippen molar-refractivity contribution in [2.24, 2.45) is 4.99 Å². The van der Waals surface area contributed by atoms with Crippen molar-refractivity contribution >= 4 is 5.96 Å². The van der Waals surface area contributed by atoms with Crippen LogP contribution in [0, 0.1) is 0 Å². The van der Waals surface area contributed by atoms with Gasteiger partial charge in [0.05, 0.1) is 6.54 Å². The van der Waals surface area contributed by atoms with E-state index in [9.17, 15) is 0 Å². The van der Waals surface area contributed by atoms with Gasteiger partial charge in [-0.05, 0) is 0 Å². The summed E-state index contributed by atoms with van der Waals surface area (Å²) in [7, 11) is 6.09. The zero-order valence-corrected chi connectivity index (χ0v) is 6.26. The molecule has 0 fully saturated rings. The van der Waals surface area contributed by atoms with Gasteiger partial charge < -0.3 is 9.80 Å². The maximum absolute atomic E-state index is 4.28. The maximum atomic E-state index is 4.28. The predicted molar refractivity (Wildman–Crippen MR) is 38.6 cm³/mol. The third kappa shape index (κ3) is 1.15. The van der Waals surface area contributed by atoms with Gasteiger partial charge in [0, 0.05) is 27.7 Å². The molecule has 0 aromatic rings. The number of guanidine groups is 1. The van der Waals surface area contributed by atoms with Crippen LogP contribution >= 0.6 is 0 Å². The Balaban J connectivity index is 2.57. The van der Waals surface area contributed by atoms with Gasteiger partial charge in [-0.1, -0.05) is 0 Å². The molecule has 0 aromatic heterocycles. The zero-order valence-electron chi connectivity index (χ0n) is 6.26. The number of rotatable bonds is 0. The zero-order chi connectivity index (χ0) is 6.85. The molecule has 0 N–H and O–H groups in total. The Morgan fingerprint density at radius 3 is 2.44 bits per heavy atom. The molecule has 1 aliphatic rings. The second kappa shape index (κ2) is 2.25. The average Bonchev–Trinajstić information content (AvgIpc) is 2.13. The number of hydrogen-bond acceptors (Lipinski definition) is 3. The summed E-state index contributed by atoms with van der Waals surface area (Å²) in [6.07, 6.45) is 0. The van der Waals surface area contributed by atoms with Gasteiger partial charge >= 0.3 is 0 Å². The van der Waals surface area contributed by atoms with Crippen LogP contribution in [-0.2, 0) is 0 Å². The Bertz CT molecular complexity index is 128. The molecule has 3 nitrogen and oxygen atoms in total. The van der Waals surface area contributed by atoms with E-state index in [2.05, 4.69) is 16.9 Å². The molecular weight excluding hydrogens is 114 g/mol. The van der Waals surface area contributed by atoms with Gasteiger partial charge in [-0.25, -0.2) is 0 Å². The minimum atomic E-state index is 0.948. The van der Waals surface area contributed by atoms with E-state index in [1.54, 1.807) is 0 Å². The van der Waals surface area contributed by atoms with Gasteiger partial charge in [-0.2, -0.15) is 0 Å². The van der Waals surface area contributed by atoms with Crippen LogP contribution in [0.3, 0.4) is 0 Å². The number of hydrogen-bond donors (Lipinski definition) is 0. The number of aliphatic imine (C=N–C) groups is 1. The molecule has 0 aromatic carbocycles. The minimum Gasteiger partial charge on any atom is -0.349 e. The summed E-state index contributed by atoms with van der Waals surface area (Å²) in [4.78, 5) is 8.47. The Morgan fingerprint density at radius 2 is 2.22 bits per heavy atom. The van der Waals surface area contributed by atoms with Crippen LogP contribution in [0.1, 0.15) is 0 Å². The predicted octanol–water partition coefficient (Wildman–Crippen LogP) is -0.151. The first-order chi connectivity index (χ1) is 4.22. The van der Waals surface area contributed by atoms with Crippen LogP contribution in [0.2, 0.25) is 0 Å². The van der Waals surface area contributed by atoms with E-state index < -0.39 is 0 Å². The summed E-state index contributed by atoms with van der Waals surface area (Å²) < 4.78 is 0. The fraction of sp³-hybridized carbons (Fsp3) is 0.833. The summed E-state index contributed by atoms with van der Waals surface area (Å²) in [6.45, 7) is 2.01. The van der Waals surface area contributed by atoms with Crippen LogP contribution < -0.4 is 0 Å². The fourth-order valence-corrected chi connectivity index (χ4v) is 1.00. The van der Waals surface area contributed by atoms with Crippen LogP contribution in [0.4, 0.5) is 0 Å². The largest absolute Gasteiger partial charge is 0.349 e. The quantitative estimate of drug-likeness (QED) is 0.450. The van der Waals surface area contributed by atoms with Crippen LogP contribution in [0.25, 0.3) is 0 Å². The second-order valence-corrected chi connectivity index (χ2v) is 2.50. The first-order valence-electron chi connectivity index (χ1n) is 3.14. The topological polar surface area (TPSA) is 18.8 Å². The standard InChI is InChI=1S/C6H13N3/c1-8(2)6-7-4-5-9(6)3/h4-5H2,1-3H3. The first kappa shape index (κ1) is 6.39. The first-order valence-corrected chi connectivity index (χ1v) is 3.14. The molecule has 0 bridgehead atoms. The highest BCUT2D eigenvalue weighted by Crippen LogP contribution is 1.98. The van der Waals surface area contributed by atoms with Gasteiger partial charge in [0.15, 0.2) is 5.96 Å². The summed E-state index contributed by atoms with van der Waals surface area (Å²) in [5.74, 6) is 1.09. The van der Waals surface area contributed by atoms with Crippen molar-refractivity contribution in [1.82, 2.24) is 9.80 Å². The maximum Gasteiger partial charge on any atom is 0.195 e. The van der Waals surface area contributed by atoms with Crippen LogP contribution in [0.15, 0.2) is 4.99 Å². The van der Waals surface area contributed by atoms with E-state index in [1.807, 2.05) is 19.0 Å². The summed E-state index contributed by atoms with van der Waals surface area (Å²) >= 11 is 0. The van der Waals surface area contributed by atoms with Gasteiger partial charge in [-0.3, -0.25) is 4.99 Å². The fourth-order valence-electron chi connectivity index (χ4n) is 1.00. The molecular formula is C6H13N3. The molecule has 0 atom stereocenters. The van der Waals surface area contributed by atoms with Gasteiger partial charge in [-0.15, -0.1) is 0 Å². The summed E-state index contributed by atoms with van der Waals surface area (Å²) in [5.41, 5.74) is 0. The monoisotopic (exact) mass is 127 g/mol. The minimum absolute atomic E-state index is 0.948. The third-order valence-corrected chi connectivity index (χ3v) is 1.43. The van der Waals surface area contributed by atoms with Crippen molar-refractivity contribution in [1.29, 1.82) is 0 Å². The van der Waals surface area contributed by atoms with Crippen molar-refractivity contribution in [2.45, 2.75) is 0 Å². The van der Waals surface area contributed by atoms with Crippen molar-refractivity contribution in [2.75, 3.05) is 34.2 Å². The molecule has 1 rings (SSSR count). The lowest BCUT2D eigenvalue weighted by molar-refractivity contribution is 0.467. The van der Waals surface area contributed by atoms with Crippen LogP contribution in [-0.4, -0.2) is 50.0 Å². The molecule has 0 unspecified atom stereocenters. The Labute approximate surface area is 56.0 Å². The molecule has 0 aliphatic carbocycles. The Morgan fingerprint density at radius 1 is 1.56 bits per heavy atom. The van der Waals surface area contributed by atoms with Crippen molar-refractivity contribution in [3.63, 3.8) is 0 Å². The molecule has 0 radical (unpaired) electrons. The van der Waals surface area contributed by atoms with Crippen molar-refractivity contribution in [3.05, 3.63) is 0 Å². The molecule has 3 heteroatoms. The normalized spacial score (nSPS) is 18.1. The molecule has 0 saturated heterocycles. The van der Waals surface area contributed by atoms with E-state index in [0.717, 1.165) is 19.0 Å². The molecule has 0 spiro atoms. The highest BCUT2D eigenvalue weighted by molar-refractivity contribution is 5.80. The molecule has 1 heterocycles. The van der Waals surface area contributed by atoms with E-state index >= 15 is 0 Å². The molecule has 52 valence electrons. The molecule has 0 saturated carbocycles. The smallest absolute Gasteiger partial charge is 0.195 e. The molecule has 0 amide bonds. The highest BCUT2D eigenvalue weighted by atomic mass is 15.4. The number of likely N-dealkylation sites (N-methyl/N-ethyl adjacent to an activating group) is 1. The van der Waals surface area contributed by atoms with Gasteiger partial charge in [0.2, 0.25) is 0 Å². The summed E-state index contributed by atoms with van der Waals surface area (Å²) in [6, 6.07) is 0. The lowest BCUT2D eigenvalue weighted by Gasteiger charge is -2.19. The van der Waals surface area contributed by atoms with E-state index in [4.69, 9.17) is 0 Å². The number of nitrogens with zero attached hydrogens (tertiary/aromatic N) is 3. The van der Waals surface area contributed by atoms with E-state index in [0.29, 0.717) is 0 Å². The molecule has 9 heavy (non-hydrogen) atoms. The van der Waals surface area contributed by atoms with E-state index in [1.165, 1.54) is 0 Å². The van der Waals surface area contributed by atoms with Gasteiger partial charge in [0.1, 0.15) is 0 Å². The summed E-state index contributed by atoms with van der Waals surface area (Å²) in [5, 5.41) is 0. The lowest BCUT2D eigenvalue weighted by Crippen LogP contribution is -2.34. The average molecular weight is 127 g/mol. The lowest BCUT2D eigenvalue weighted by atomic mass is 10.6. The second-order valence-electron chi connectivity index (χ2n) is 2.50. The highest BCUT2D eigenvalue weighted by Gasteiger charge is 2.12. The third-order valence-electron chi connectivity index (χ3n) is 1.43. The van der Waals surface area contributed by atoms with Gasteiger partial charge in [0.25, 0.3) is 0 Å². The van der Waals surface area contributed by atoms with E-state index in [-0.39, 0.29) is 0 Å². The van der Waals surface area contributed by atoms with Crippen LogP contribution in [0.5, 0.6) is 0 Å². The van der Waals surface area contributed by atoms with Crippen molar-refractivity contribution in [3.8, 4) is 0 Å². The SMILES string of the molecule is CN(C)C1=NCCN1C. The Hall–Kier alpha value is -0.730. The Kier molecular flexibility index (Phi) is 1.60.